The molecule has 2 aliphatic rings. The van der Waals surface area contributed by atoms with Crippen LogP contribution in [0.5, 0.6) is 0 Å². The summed E-state index contributed by atoms with van der Waals surface area (Å²) >= 11 is 0. The lowest BCUT2D eigenvalue weighted by atomic mass is 10.1. The van der Waals surface area contributed by atoms with E-state index in [1.54, 1.807) is 0 Å². The normalized spacial score (nSPS) is 21.7. The first-order chi connectivity index (χ1) is 11.6. The Balaban J connectivity index is 1.60. The first-order valence-corrected chi connectivity index (χ1v) is 8.66. The van der Waals surface area contributed by atoms with E-state index in [-0.39, 0.29) is 18.0 Å². The summed E-state index contributed by atoms with van der Waals surface area (Å²) in [5.74, 6) is 0.185. The number of carbonyl (C=O) groups excluding carboxylic acids is 2. The van der Waals surface area contributed by atoms with Crippen LogP contribution in [-0.4, -0.2) is 49.2 Å². The van der Waals surface area contributed by atoms with Gasteiger partial charge in [0.15, 0.2) is 0 Å². The summed E-state index contributed by atoms with van der Waals surface area (Å²) in [6, 6.07) is 7.89. The van der Waals surface area contributed by atoms with E-state index >= 15 is 0 Å². The molecule has 24 heavy (non-hydrogen) atoms. The summed E-state index contributed by atoms with van der Waals surface area (Å²) in [4.78, 5) is 28.0. The number of carbonyl (C=O) groups is 2. The van der Waals surface area contributed by atoms with E-state index < -0.39 is 0 Å². The summed E-state index contributed by atoms with van der Waals surface area (Å²) in [6.07, 6.45) is 2.64. The third-order valence-electron chi connectivity index (χ3n) is 4.62. The molecule has 2 saturated heterocycles. The third kappa shape index (κ3) is 3.87. The van der Waals surface area contributed by atoms with Crippen LogP contribution in [0, 0.1) is 0 Å². The minimum Gasteiger partial charge on any atom is -0.377 e. The van der Waals surface area contributed by atoms with Crippen molar-refractivity contribution in [3.63, 3.8) is 0 Å². The molecule has 6 nitrogen and oxygen atoms in total. The highest BCUT2D eigenvalue weighted by Gasteiger charge is 2.23. The van der Waals surface area contributed by atoms with Crippen LogP contribution in [-0.2, 0) is 16.1 Å². The number of amides is 3. The maximum absolute atomic E-state index is 12.3. The SMILES string of the molecule is C[C@@H]1COCCN1C(=O)NCc1cccc(N2CCCCC2=O)c1. The lowest BCUT2D eigenvalue weighted by molar-refractivity contribution is -0.119. The summed E-state index contributed by atoms with van der Waals surface area (Å²) in [5.41, 5.74) is 1.92. The highest BCUT2D eigenvalue weighted by atomic mass is 16.5. The van der Waals surface area contributed by atoms with Gasteiger partial charge in [0.2, 0.25) is 5.91 Å². The number of morpholine rings is 1. The van der Waals surface area contributed by atoms with Crippen LogP contribution in [0.2, 0.25) is 0 Å². The monoisotopic (exact) mass is 331 g/mol. The molecular formula is C18H25N3O3. The van der Waals surface area contributed by atoms with Gasteiger partial charge < -0.3 is 19.9 Å². The van der Waals surface area contributed by atoms with Crippen molar-refractivity contribution in [2.24, 2.45) is 0 Å². The van der Waals surface area contributed by atoms with Gasteiger partial charge in [-0.3, -0.25) is 4.79 Å². The molecule has 0 spiro atoms. The molecule has 1 atom stereocenters. The zero-order valence-electron chi connectivity index (χ0n) is 14.2. The van der Waals surface area contributed by atoms with Crippen molar-refractivity contribution in [1.82, 2.24) is 10.2 Å². The fourth-order valence-electron chi connectivity index (χ4n) is 3.22. The van der Waals surface area contributed by atoms with Crippen LogP contribution in [0.15, 0.2) is 24.3 Å². The highest BCUT2D eigenvalue weighted by Crippen LogP contribution is 2.22. The van der Waals surface area contributed by atoms with Gasteiger partial charge in [-0.15, -0.1) is 0 Å². The lowest BCUT2D eigenvalue weighted by Gasteiger charge is -2.33. The minimum atomic E-state index is -0.0646. The average molecular weight is 331 g/mol. The molecule has 3 rings (SSSR count). The molecular weight excluding hydrogens is 306 g/mol. The number of nitrogens with one attached hydrogen (secondary N) is 1. The number of urea groups is 1. The molecule has 0 bridgehead atoms. The molecule has 130 valence electrons. The predicted molar refractivity (Wildman–Crippen MR) is 91.9 cm³/mol. The summed E-state index contributed by atoms with van der Waals surface area (Å²) < 4.78 is 5.36. The number of ether oxygens (including phenoxy) is 1. The summed E-state index contributed by atoms with van der Waals surface area (Å²) in [6.45, 7) is 5.01. The topological polar surface area (TPSA) is 61.9 Å². The van der Waals surface area contributed by atoms with Crippen molar-refractivity contribution in [3.05, 3.63) is 29.8 Å². The Morgan fingerprint density at radius 2 is 2.21 bits per heavy atom. The molecule has 0 aromatic heterocycles. The predicted octanol–water partition coefficient (Wildman–Crippen LogP) is 2.13. The van der Waals surface area contributed by atoms with E-state index in [2.05, 4.69) is 5.32 Å². The van der Waals surface area contributed by atoms with Crippen molar-refractivity contribution < 1.29 is 14.3 Å². The molecule has 0 radical (unpaired) electrons. The van der Waals surface area contributed by atoms with Crippen LogP contribution < -0.4 is 10.2 Å². The molecule has 0 saturated carbocycles. The van der Waals surface area contributed by atoms with Crippen LogP contribution in [0.25, 0.3) is 0 Å². The lowest BCUT2D eigenvalue weighted by Crippen LogP contribution is -2.51. The Morgan fingerprint density at radius 1 is 1.33 bits per heavy atom. The first kappa shape index (κ1) is 16.8. The number of nitrogens with zero attached hydrogens (tertiary/aromatic N) is 2. The van der Waals surface area contributed by atoms with Gasteiger partial charge in [0.1, 0.15) is 0 Å². The number of hydrogen-bond acceptors (Lipinski definition) is 3. The van der Waals surface area contributed by atoms with Gasteiger partial charge in [-0.1, -0.05) is 12.1 Å². The molecule has 2 aliphatic heterocycles. The second-order valence-corrected chi connectivity index (χ2v) is 6.45. The van der Waals surface area contributed by atoms with Crippen molar-refractivity contribution in [2.45, 2.75) is 38.8 Å². The van der Waals surface area contributed by atoms with Crippen molar-refractivity contribution in [2.75, 3.05) is 31.2 Å². The van der Waals surface area contributed by atoms with Crippen LogP contribution in [0.4, 0.5) is 10.5 Å². The number of anilines is 1. The van der Waals surface area contributed by atoms with E-state index in [1.807, 2.05) is 41.0 Å². The molecule has 0 unspecified atom stereocenters. The Kier molecular flexibility index (Phi) is 5.35. The van der Waals surface area contributed by atoms with Gasteiger partial charge in [-0.2, -0.15) is 0 Å². The third-order valence-corrected chi connectivity index (χ3v) is 4.62. The van der Waals surface area contributed by atoms with Crippen molar-refractivity contribution in [1.29, 1.82) is 0 Å². The largest absolute Gasteiger partial charge is 0.377 e. The van der Waals surface area contributed by atoms with E-state index in [4.69, 9.17) is 4.74 Å². The first-order valence-electron chi connectivity index (χ1n) is 8.66. The van der Waals surface area contributed by atoms with Crippen LogP contribution in [0.1, 0.15) is 31.7 Å². The minimum absolute atomic E-state index is 0.0646. The Hall–Kier alpha value is -2.08. The van der Waals surface area contributed by atoms with Gasteiger partial charge in [0.05, 0.1) is 19.3 Å². The fraction of sp³-hybridized carbons (Fsp3) is 0.556. The molecule has 2 heterocycles. The maximum Gasteiger partial charge on any atom is 0.318 e. The quantitative estimate of drug-likeness (QED) is 0.923. The molecule has 3 amide bonds. The number of rotatable bonds is 3. The van der Waals surface area contributed by atoms with Gasteiger partial charge in [-0.25, -0.2) is 4.79 Å². The molecule has 1 aromatic rings. The second-order valence-electron chi connectivity index (χ2n) is 6.45. The Labute approximate surface area is 142 Å². The number of piperidine rings is 1. The molecule has 6 heteroatoms. The Morgan fingerprint density at radius 3 is 3.00 bits per heavy atom. The van der Waals surface area contributed by atoms with E-state index in [0.29, 0.717) is 32.7 Å². The van der Waals surface area contributed by atoms with Gasteiger partial charge in [-0.05, 0) is 37.5 Å². The van der Waals surface area contributed by atoms with Gasteiger partial charge >= 0.3 is 6.03 Å². The van der Waals surface area contributed by atoms with E-state index in [9.17, 15) is 9.59 Å². The molecule has 1 N–H and O–H groups in total. The summed E-state index contributed by atoms with van der Waals surface area (Å²) in [7, 11) is 0. The zero-order valence-corrected chi connectivity index (χ0v) is 14.2. The standard InChI is InChI=1S/C18H25N3O3/c1-14-13-24-10-9-20(14)18(23)19-12-15-5-4-6-16(11-15)21-8-3-2-7-17(21)22/h4-6,11,14H,2-3,7-10,12-13H2,1H3,(H,19,23)/t14-/m1/s1. The van der Waals surface area contributed by atoms with Crippen LogP contribution in [0.3, 0.4) is 0 Å². The molecule has 0 aliphatic carbocycles. The van der Waals surface area contributed by atoms with Crippen molar-refractivity contribution >= 4 is 17.6 Å². The Bertz CT molecular complexity index is 605. The van der Waals surface area contributed by atoms with Crippen molar-refractivity contribution in [3.8, 4) is 0 Å². The fourth-order valence-corrected chi connectivity index (χ4v) is 3.22. The smallest absolute Gasteiger partial charge is 0.318 e. The van der Waals surface area contributed by atoms with Gasteiger partial charge in [0, 0.05) is 31.7 Å². The van der Waals surface area contributed by atoms with E-state index in [0.717, 1.165) is 30.6 Å². The van der Waals surface area contributed by atoms with Crippen LogP contribution >= 0.6 is 0 Å². The highest BCUT2D eigenvalue weighted by molar-refractivity contribution is 5.94. The van der Waals surface area contributed by atoms with Gasteiger partial charge in [0.25, 0.3) is 0 Å². The molecule has 2 fully saturated rings. The van der Waals surface area contributed by atoms with E-state index in [1.165, 1.54) is 0 Å². The average Bonchev–Trinajstić information content (AvgIpc) is 2.61. The number of hydrogen-bond donors (Lipinski definition) is 1. The summed E-state index contributed by atoms with van der Waals surface area (Å²) in [5, 5.41) is 2.97. The zero-order chi connectivity index (χ0) is 16.9. The number of benzene rings is 1. The molecule has 1 aromatic carbocycles. The second kappa shape index (κ2) is 7.66. The maximum atomic E-state index is 12.3.